The lowest BCUT2D eigenvalue weighted by Gasteiger charge is -2.28. The van der Waals surface area contributed by atoms with Crippen molar-refractivity contribution in [3.05, 3.63) is 11.6 Å². The summed E-state index contributed by atoms with van der Waals surface area (Å²) in [5, 5.41) is 0. The Morgan fingerprint density at radius 1 is 1.57 bits per heavy atom. The van der Waals surface area contributed by atoms with Gasteiger partial charge >= 0.3 is 0 Å². The molecule has 1 aliphatic carbocycles. The van der Waals surface area contributed by atoms with E-state index in [-0.39, 0.29) is 5.92 Å². The van der Waals surface area contributed by atoms with Crippen LogP contribution < -0.4 is 0 Å². The van der Waals surface area contributed by atoms with Crippen molar-refractivity contribution in [1.82, 2.24) is 0 Å². The number of carbonyl (C=O) groups excluding carboxylic acids is 1. The van der Waals surface area contributed by atoms with Gasteiger partial charge in [0.2, 0.25) is 0 Å². The quantitative estimate of drug-likeness (QED) is 0.627. The fourth-order valence-corrected chi connectivity index (χ4v) is 2.18. The van der Waals surface area contributed by atoms with Crippen molar-refractivity contribution in [1.29, 1.82) is 0 Å². The van der Waals surface area contributed by atoms with Gasteiger partial charge in [-0.05, 0) is 24.7 Å². The zero-order chi connectivity index (χ0) is 10.7. The average Bonchev–Trinajstić information content (AvgIpc) is 2.17. The van der Waals surface area contributed by atoms with Crippen LogP contribution >= 0.6 is 0 Å². The first kappa shape index (κ1) is 11.5. The number of hydrogen-bond donors (Lipinski definition) is 0. The van der Waals surface area contributed by atoms with Crippen LogP contribution in [-0.2, 0) is 4.79 Å². The Kier molecular flexibility index (Phi) is 3.91. The highest BCUT2D eigenvalue weighted by molar-refractivity contribution is 5.82. The molecule has 14 heavy (non-hydrogen) atoms. The molecular formula is C13H22O. The van der Waals surface area contributed by atoms with E-state index < -0.39 is 0 Å². The summed E-state index contributed by atoms with van der Waals surface area (Å²) in [4.78, 5) is 11.7. The molecule has 1 nitrogen and oxygen atoms in total. The van der Waals surface area contributed by atoms with Crippen molar-refractivity contribution in [2.75, 3.05) is 0 Å². The third-order valence-corrected chi connectivity index (χ3v) is 3.36. The van der Waals surface area contributed by atoms with Crippen LogP contribution in [0.4, 0.5) is 0 Å². The lowest BCUT2D eigenvalue weighted by molar-refractivity contribution is -0.122. The minimum atomic E-state index is 0.200. The van der Waals surface area contributed by atoms with Crippen molar-refractivity contribution < 1.29 is 4.79 Å². The summed E-state index contributed by atoms with van der Waals surface area (Å²) in [6.45, 7) is 8.60. The maximum absolute atomic E-state index is 11.7. The molecule has 1 aliphatic rings. The van der Waals surface area contributed by atoms with E-state index in [0.29, 0.717) is 24.0 Å². The van der Waals surface area contributed by atoms with Crippen molar-refractivity contribution in [3.8, 4) is 0 Å². The van der Waals surface area contributed by atoms with Gasteiger partial charge in [0.05, 0.1) is 0 Å². The summed E-state index contributed by atoms with van der Waals surface area (Å²) < 4.78 is 0. The lowest BCUT2D eigenvalue weighted by atomic mass is 9.76. The molecule has 0 heterocycles. The van der Waals surface area contributed by atoms with Gasteiger partial charge in [-0.15, -0.1) is 0 Å². The van der Waals surface area contributed by atoms with Crippen LogP contribution in [0.25, 0.3) is 0 Å². The van der Waals surface area contributed by atoms with E-state index in [2.05, 4.69) is 26.8 Å². The smallest absolute Gasteiger partial charge is 0.139 e. The minimum Gasteiger partial charge on any atom is -0.299 e. The fourth-order valence-electron chi connectivity index (χ4n) is 2.18. The molecule has 1 heteroatoms. The van der Waals surface area contributed by atoms with Gasteiger partial charge in [-0.2, -0.15) is 0 Å². The van der Waals surface area contributed by atoms with E-state index in [1.165, 1.54) is 18.4 Å². The van der Waals surface area contributed by atoms with Gasteiger partial charge < -0.3 is 0 Å². The molecule has 0 aliphatic heterocycles. The number of hydrogen-bond acceptors (Lipinski definition) is 1. The number of carbonyl (C=O) groups is 1. The van der Waals surface area contributed by atoms with E-state index in [1.807, 2.05) is 6.92 Å². The Hall–Kier alpha value is -0.590. The van der Waals surface area contributed by atoms with E-state index in [4.69, 9.17) is 0 Å². The predicted molar refractivity (Wildman–Crippen MR) is 60.1 cm³/mol. The number of rotatable bonds is 3. The first-order valence-corrected chi connectivity index (χ1v) is 5.79. The summed E-state index contributed by atoms with van der Waals surface area (Å²) in [5.74, 6) is 1.76. The van der Waals surface area contributed by atoms with Gasteiger partial charge in [0.25, 0.3) is 0 Å². The molecule has 0 aromatic heterocycles. The van der Waals surface area contributed by atoms with Crippen molar-refractivity contribution in [3.63, 3.8) is 0 Å². The normalized spacial score (nSPS) is 27.6. The molecule has 0 radical (unpaired) electrons. The second-order valence-electron chi connectivity index (χ2n) is 4.76. The number of ketones is 1. The highest BCUT2D eigenvalue weighted by Crippen LogP contribution is 2.32. The van der Waals surface area contributed by atoms with E-state index in [0.717, 1.165) is 0 Å². The monoisotopic (exact) mass is 194 g/mol. The van der Waals surface area contributed by atoms with Gasteiger partial charge in [0.1, 0.15) is 5.78 Å². The number of Topliss-reactive ketones (excluding diaryl/α,β-unsaturated/α-hetero) is 1. The highest BCUT2D eigenvalue weighted by Gasteiger charge is 2.26. The Balaban J connectivity index is 2.80. The van der Waals surface area contributed by atoms with Crippen LogP contribution in [-0.4, -0.2) is 5.78 Å². The second-order valence-corrected chi connectivity index (χ2v) is 4.76. The SMILES string of the molecule is CCC(=O)C1C=C(C(C)C)CCC1C. The zero-order valence-corrected chi connectivity index (χ0v) is 9.84. The maximum atomic E-state index is 11.7. The second kappa shape index (κ2) is 4.77. The van der Waals surface area contributed by atoms with Crippen molar-refractivity contribution in [2.45, 2.75) is 47.0 Å². The van der Waals surface area contributed by atoms with Crippen LogP contribution in [0, 0.1) is 17.8 Å². The van der Waals surface area contributed by atoms with Gasteiger partial charge in [0.15, 0.2) is 0 Å². The largest absolute Gasteiger partial charge is 0.299 e. The molecule has 0 N–H and O–H groups in total. The van der Waals surface area contributed by atoms with E-state index in [1.54, 1.807) is 0 Å². The molecular weight excluding hydrogens is 172 g/mol. The van der Waals surface area contributed by atoms with E-state index in [9.17, 15) is 4.79 Å². The summed E-state index contributed by atoms with van der Waals surface area (Å²) in [5.41, 5.74) is 1.48. The minimum absolute atomic E-state index is 0.200. The maximum Gasteiger partial charge on any atom is 0.139 e. The summed E-state index contributed by atoms with van der Waals surface area (Å²) in [6.07, 6.45) is 5.29. The Morgan fingerprint density at radius 3 is 2.71 bits per heavy atom. The van der Waals surface area contributed by atoms with Crippen LogP contribution in [0.1, 0.15) is 47.0 Å². The molecule has 80 valence electrons. The first-order valence-electron chi connectivity index (χ1n) is 5.79. The standard InChI is InChI=1S/C13H22O/c1-5-13(14)12-8-11(9(2)3)7-6-10(12)4/h8-10,12H,5-7H2,1-4H3. The fraction of sp³-hybridized carbons (Fsp3) is 0.769. The third kappa shape index (κ3) is 2.46. The van der Waals surface area contributed by atoms with Gasteiger partial charge in [-0.3, -0.25) is 4.79 Å². The molecule has 0 fully saturated rings. The molecule has 0 amide bonds. The van der Waals surface area contributed by atoms with Crippen molar-refractivity contribution >= 4 is 5.78 Å². The molecule has 0 spiro atoms. The molecule has 0 saturated heterocycles. The van der Waals surface area contributed by atoms with E-state index >= 15 is 0 Å². The first-order chi connectivity index (χ1) is 6.56. The van der Waals surface area contributed by atoms with Crippen LogP contribution in [0.2, 0.25) is 0 Å². The zero-order valence-electron chi connectivity index (χ0n) is 9.84. The predicted octanol–water partition coefficient (Wildman–Crippen LogP) is 3.59. The Morgan fingerprint density at radius 2 is 2.21 bits per heavy atom. The molecule has 0 aromatic carbocycles. The topological polar surface area (TPSA) is 17.1 Å². The summed E-state index contributed by atoms with van der Waals surface area (Å²) >= 11 is 0. The van der Waals surface area contributed by atoms with Crippen molar-refractivity contribution in [2.24, 2.45) is 17.8 Å². The molecule has 0 saturated carbocycles. The molecule has 1 rings (SSSR count). The van der Waals surface area contributed by atoms with Crippen LogP contribution in [0.3, 0.4) is 0 Å². The molecule has 2 atom stereocenters. The van der Waals surface area contributed by atoms with Crippen LogP contribution in [0.5, 0.6) is 0 Å². The lowest BCUT2D eigenvalue weighted by Crippen LogP contribution is -2.24. The van der Waals surface area contributed by atoms with Gasteiger partial charge in [-0.1, -0.05) is 39.3 Å². The number of allylic oxidation sites excluding steroid dienone is 2. The third-order valence-electron chi connectivity index (χ3n) is 3.36. The Labute approximate surface area is 87.6 Å². The van der Waals surface area contributed by atoms with Crippen LogP contribution in [0.15, 0.2) is 11.6 Å². The summed E-state index contributed by atoms with van der Waals surface area (Å²) in [6, 6.07) is 0. The molecule has 0 bridgehead atoms. The van der Waals surface area contributed by atoms with Gasteiger partial charge in [-0.25, -0.2) is 0 Å². The highest BCUT2D eigenvalue weighted by atomic mass is 16.1. The molecule has 0 aromatic rings. The van der Waals surface area contributed by atoms with Gasteiger partial charge in [0, 0.05) is 12.3 Å². The molecule has 2 unspecified atom stereocenters. The average molecular weight is 194 g/mol. The Bertz CT molecular complexity index is 238. The summed E-state index contributed by atoms with van der Waals surface area (Å²) in [7, 11) is 0.